The topological polar surface area (TPSA) is 87.9 Å². The van der Waals surface area contributed by atoms with Crippen LogP contribution in [0.15, 0.2) is 18.2 Å². The minimum Gasteiger partial charge on any atom is -0.382 e. The van der Waals surface area contributed by atoms with Gasteiger partial charge in [-0.05, 0) is 26.0 Å². The minimum atomic E-state index is -0.160. The fraction of sp³-hybridized carbons (Fsp3) is 0.308. The number of aryl methyl sites for hydroxylation is 2. The second kappa shape index (κ2) is 5.09. The monoisotopic (exact) mass is 259 g/mol. The number of aromatic amines is 1. The molecule has 0 fully saturated rings. The zero-order valence-corrected chi connectivity index (χ0v) is 11.3. The van der Waals surface area contributed by atoms with Gasteiger partial charge in [0.05, 0.1) is 12.2 Å². The Labute approximate surface area is 111 Å². The molecule has 6 nitrogen and oxygen atoms in total. The van der Waals surface area contributed by atoms with Crippen LogP contribution >= 0.6 is 0 Å². The van der Waals surface area contributed by atoms with Crippen molar-refractivity contribution in [1.82, 2.24) is 20.1 Å². The molecule has 0 bridgehead atoms. The van der Waals surface area contributed by atoms with Gasteiger partial charge in [0.1, 0.15) is 5.56 Å². The van der Waals surface area contributed by atoms with E-state index in [1.165, 1.54) is 0 Å². The molecule has 3 N–H and O–H groups in total. The van der Waals surface area contributed by atoms with E-state index in [4.69, 9.17) is 5.73 Å². The SMILES string of the molecule is Cc1cccc(CN(C)C(=O)c2c(N)n[nH]c2C)n1. The van der Waals surface area contributed by atoms with Crippen LogP contribution in [0, 0.1) is 13.8 Å². The largest absolute Gasteiger partial charge is 0.382 e. The number of hydrogen-bond acceptors (Lipinski definition) is 4. The van der Waals surface area contributed by atoms with E-state index in [-0.39, 0.29) is 11.7 Å². The maximum absolute atomic E-state index is 12.3. The van der Waals surface area contributed by atoms with Crippen LogP contribution in [0.4, 0.5) is 5.82 Å². The molecule has 1 amide bonds. The van der Waals surface area contributed by atoms with Crippen molar-refractivity contribution < 1.29 is 4.79 Å². The molecule has 2 heterocycles. The van der Waals surface area contributed by atoms with Crippen molar-refractivity contribution in [3.8, 4) is 0 Å². The van der Waals surface area contributed by atoms with Gasteiger partial charge in [-0.1, -0.05) is 6.07 Å². The molecule has 0 saturated carbocycles. The van der Waals surface area contributed by atoms with Gasteiger partial charge in [0.25, 0.3) is 5.91 Å². The van der Waals surface area contributed by atoms with E-state index in [1.807, 2.05) is 25.1 Å². The Morgan fingerprint density at radius 3 is 2.74 bits per heavy atom. The van der Waals surface area contributed by atoms with E-state index in [2.05, 4.69) is 15.2 Å². The van der Waals surface area contributed by atoms with Crippen molar-refractivity contribution in [3.63, 3.8) is 0 Å². The average Bonchev–Trinajstić information content (AvgIpc) is 2.68. The smallest absolute Gasteiger partial charge is 0.259 e. The van der Waals surface area contributed by atoms with Crippen molar-refractivity contribution in [2.75, 3.05) is 12.8 Å². The lowest BCUT2D eigenvalue weighted by Gasteiger charge is -2.17. The highest BCUT2D eigenvalue weighted by molar-refractivity contribution is 5.99. The van der Waals surface area contributed by atoms with E-state index >= 15 is 0 Å². The average molecular weight is 259 g/mol. The molecule has 6 heteroatoms. The number of pyridine rings is 1. The maximum atomic E-state index is 12.3. The third-order valence-electron chi connectivity index (χ3n) is 2.88. The number of amides is 1. The van der Waals surface area contributed by atoms with Gasteiger partial charge in [0.15, 0.2) is 5.82 Å². The molecular formula is C13H17N5O. The summed E-state index contributed by atoms with van der Waals surface area (Å²) in [6.45, 7) is 4.13. The Bertz CT molecular complexity index is 585. The fourth-order valence-corrected chi connectivity index (χ4v) is 1.91. The number of carbonyl (C=O) groups excluding carboxylic acids is 1. The van der Waals surface area contributed by atoms with Crippen molar-refractivity contribution in [1.29, 1.82) is 0 Å². The molecule has 0 aromatic carbocycles. The summed E-state index contributed by atoms with van der Waals surface area (Å²) in [5.74, 6) is 0.0682. The van der Waals surface area contributed by atoms with E-state index in [0.717, 1.165) is 11.4 Å². The Hall–Kier alpha value is -2.37. The van der Waals surface area contributed by atoms with Crippen LogP contribution in [0.3, 0.4) is 0 Å². The summed E-state index contributed by atoms with van der Waals surface area (Å²) < 4.78 is 0. The zero-order valence-electron chi connectivity index (χ0n) is 11.3. The maximum Gasteiger partial charge on any atom is 0.259 e. The molecule has 0 aliphatic rings. The Balaban J connectivity index is 2.16. The lowest BCUT2D eigenvalue weighted by atomic mass is 10.2. The van der Waals surface area contributed by atoms with Gasteiger partial charge in [0.2, 0.25) is 0 Å². The second-order valence-electron chi connectivity index (χ2n) is 4.54. The highest BCUT2D eigenvalue weighted by Gasteiger charge is 2.20. The molecule has 2 aromatic rings. The molecule has 2 rings (SSSR count). The molecule has 100 valence electrons. The molecule has 0 unspecified atom stereocenters. The van der Waals surface area contributed by atoms with Crippen molar-refractivity contribution in [2.24, 2.45) is 0 Å². The number of carbonyl (C=O) groups is 1. The number of nitrogen functional groups attached to an aromatic ring is 1. The second-order valence-corrected chi connectivity index (χ2v) is 4.54. The predicted octanol–water partition coefficient (Wildman–Crippen LogP) is 1.28. The summed E-state index contributed by atoms with van der Waals surface area (Å²) in [6.07, 6.45) is 0. The molecule has 0 aliphatic carbocycles. The normalized spacial score (nSPS) is 10.5. The number of rotatable bonds is 3. The molecule has 19 heavy (non-hydrogen) atoms. The van der Waals surface area contributed by atoms with Crippen molar-refractivity contribution in [3.05, 3.63) is 40.8 Å². The van der Waals surface area contributed by atoms with Gasteiger partial charge in [-0.3, -0.25) is 14.9 Å². The number of hydrogen-bond donors (Lipinski definition) is 2. The first kappa shape index (κ1) is 13.1. The number of nitrogens with zero attached hydrogens (tertiary/aromatic N) is 3. The van der Waals surface area contributed by atoms with Crippen molar-refractivity contribution in [2.45, 2.75) is 20.4 Å². The van der Waals surface area contributed by atoms with E-state index in [0.29, 0.717) is 17.8 Å². The number of aromatic nitrogens is 3. The molecular weight excluding hydrogens is 242 g/mol. The standard InChI is InChI=1S/C13H17N5O/c1-8-5-4-6-10(15-8)7-18(3)13(19)11-9(2)16-17-12(11)14/h4-6H,7H2,1-3H3,(H3,14,16,17). The lowest BCUT2D eigenvalue weighted by molar-refractivity contribution is 0.0783. The van der Waals surface area contributed by atoms with Crippen LogP contribution in [-0.4, -0.2) is 33.0 Å². The van der Waals surface area contributed by atoms with E-state index in [9.17, 15) is 4.79 Å². The summed E-state index contributed by atoms with van der Waals surface area (Å²) in [4.78, 5) is 18.2. The quantitative estimate of drug-likeness (QED) is 0.869. The van der Waals surface area contributed by atoms with Gasteiger partial charge in [-0.25, -0.2) is 0 Å². The Morgan fingerprint density at radius 1 is 1.42 bits per heavy atom. The Kier molecular flexibility index (Phi) is 3.50. The van der Waals surface area contributed by atoms with Crippen LogP contribution in [0.2, 0.25) is 0 Å². The highest BCUT2D eigenvalue weighted by Crippen LogP contribution is 2.15. The summed E-state index contributed by atoms with van der Waals surface area (Å²) in [7, 11) is 1.72. The molecule has 0 aliphatic heterocycles. The minimum absolute atomic E-state index is 0.160. The lowest BCUT2D eigenvalue weighted by Crippen LogP contribution is -2.27. The fourth-order valence-electron chi connectivity index (χ4n) is 1.91. The molecule has 0 spiro atoms. The van der Waals surface area contributed by atoms with Crippen LogP contribution < -0.4 is 5.73 Å². The first-order valence-electron chi connectivity index (χ1n) is 5.97. The first-order valence-corrected chi connectivity index (χ1v) is 5.97. The van der Waals surface area contributed by atoms with Crippen LogP contribution in [-0.2, 0) is 6.54 Å². The molecule has 2 aromatic heterocycles. The third kappa shape index (κ3) is 2.73. The van der Waals surface area contributed by atoms with Crippen LogP contribution in [0.25, 0.3) is 0 Å². The molecule has 0 saturated heterocycles. The van der Waals surface area contributed by atoms with E-state index in [1.54, 1.807) is 18.9 Å². The van der Waals surface area contributed by atoms with Crippen LogP contribution in [0.1, 0.15) is 27.4 Å². The first-order chi connectivity index (χ1) is 8.99. The van der Waals surface area contributed by atoms with Gasteiger partial charge in [0, 0.05) is 18.4 Å². The number of nitrogens with two attached hydrogens (primary N) is 1. The van der Waals surface area contributed by atoms with Gasteiger partial charge in [-0.2, -0.15) is 5.10 Å². The van der Waals surface area contributed by atoms with Crippen LogP contribution in [0.5, 0.6) is 0 Å². The molecule has 0 radical (unpaired) electrons. The Morgan fingerprint density at radius 2 is 2.16 bits per heavy atom. The summed E-state index contributed by atoms with van der Waals surface area (Å²) >= 11 is 0. The summed E-state index contributed by atoms with van der Waals surface area (Å²) in [6, 6.07) is 5.74. The number of anilines is 1. The van der Waals surface area contributed by atoms with E-state index < -0.39 is 0 Å². The number of nitrogens with one attached hydrogen (secondary N) is 1. The summed E-state index contributed by atoms with van der Waals surface area (Å²) in [5.41, 5.74) is 8.56. The highest BCUT2D eigenvalue weighted by atomic mass is 16.2. The third-order valence-corrected chi connectivity index (χ3v) is 2.88. The molecule has 0 atom stereocenters. The predicted molar refractivity (Wildman–Crippen MR) is 72.5 cm³/mol. The van der Waals surface area contributed by atoms with Gasteiger partial charge >= 0.3 is 0 Å². The number of H-pyrrole nitrogens is 1. The van der Waals surface area contributed by atoms with Gasteiger partial charge < -0.3 is 10.6 Å². The zero-order chi connectivity index (χ0) is 14.0. The summed E-state index contributed by atoms with van der Waals surface area (Å²) in [5, 5.41) is 6.54. The van der Waals surface area contributed by atoms with Crippen molar-refractivity contribution >= 4 is 11.7 Å². The van der Waals surface area contributed by atoms with Gasteiger partial charge in [-0.15, -0.1) is 0 Å².